The maximum absolute atomic E-state index is 10.5. The van der Waals surface area contributed by atoms with E-state index >= 15 is 0 Å². The summed E-state index contributed by atoms with van der Waals surface area (Å²) in [6, 6.07) is 21.0. The minimum Gasteiger partial charge on any atom is -0.737 e. The summed E-state index contributed by atoms with van der Waals surface area (Å²) in [6.07, 6.45) is 3.60. The molecule has 122 valence electrons. The Labute approximate surface area is 156 Å². The molecule has 2 aromatic carbocycles. The molecule has 3 nitrogen and oxygen atoms in total. The molecule has 0 N–H and O–H groups in total. The predicted molar refractivity (Wildman–Crippen MR) is 95.2 cm³/mol. The van der Waals surface area contributed by atoms with Crippen molar-refractivity contribution in [2.24, 2.45) is 0 Å². The molecule has 0 aliphatic carbocycles. The van der Waals surface area contributed by atoms with Gasteiger partial charge in [0, 0.05) is 28.3 Å². The van der Waals surface area contributed by atoms with Gasteiger partial charge in [0.15, 0.2) is 0 Å². The third-order valence-electron chi connectivity index (χ3n) is 3.35. The molecule has 0 unspecified atom stereocenters. The van der Waals surface area contributed by atoms with Gasteiger partial charge in [0.25, 0.3) is 0 Å². The zero-order valence-electron chi connectivity index (χ0n) is 12.5. The van der Waals surface area contributed by atoms with Crippen molar-refractivity contribution in [3.8, 4) is 0 Å². The molecule has 2 heterocycles. The minimum absolute atomic E-state index is 0. The Morgan fingerprint density at radius 1 is 0.708 bits per heavy atom. The summed E-state index contributed by atoms with van der Waals surface area (Å²) in [4.78, 5) is 19.2. The number of hydrogen-bond donors (Lipinski definition) is 0. The maximum atomic E-state index is 10.5. The van der Waals surface area contributed by atoms with Gasteiger partial charge in [0.05, 0.1) is 11.0 Å². The zero-order chi connectivity index (χ0) is 16.1. The van der Waals surface area contributed by atoms with Gasteiger partial charge in [-0.2, -0.15) is 0 Å². The molecular formula is C19H13CuN2OS. The number of aromatic nitrogens is 2. The summed E-state index contributed by atoms with van der Waals surface area (Å²) in [5.74, 6) is 0. The van der Waals surface area contributed by atoms with Crippen molar-refractivity contribution in [1.29, 1.82) is 0 Å². The fourth-order valence-electron chi connectivity index (χ4n) is 2.25. The number of pyridine rings is 2. The quantitative estimate of drug-likeness (QED) is 0.282. The minimum atomic E-state index is -0.296. The molecule has 5 heteroatoms. The number of benzene rings is 2. The second-order valence-electron chi connectivity index (χ2n) is 4.87. The van der Waals surface area contributed by atoms with E-state index in [1.807, 2.05) is 18.2 Å². The van der Waals surface area contributed by atoms with E-state index in [1.54, 1.807) is 36.7 Å². The molecule has 4 rings (SSSR count). The van der Waals surface area contributed by atoms with Gasteiger partial charge in [-0.1, -0.05) is 54.6 Å². The molecule has 0 aliphatic heterocycles. The zero-order valence-corrected chi connectivity index (χ0v) is 14.3. The van der Waals surface area contributed by atoms with E-state index in [1.165, 1.54) is 0 Å². The standard InChI is InChI=1S/C12H8N2.C7H6OS.Cu/c1-3-9-5-6-10-4-2-8-14-12(10)11(9)13-7-1;8-7(9)6-4-2-1-3-5-6;/h1-8H;1-5H,(H,8,9);/q;;+1/p-1. The van der Waals surface area contributed by atoms with Crippen LogP contribution in [0.3, 0.4) is 0 Å². The van der Waals surface area contributed by atoms with E-state index in [-0.39, 0.29) is 22.2 Å². The van der Waals surface area contributed by atoms with Crippen LogP contribution in [-0.2, 0) is 29.7 Å². The van der Waals surface area contributed by atoms with Crippen LogP contribution in [0.15, 0.2) is 79.1 Å². The van der Waals surface area contributed by atoms with E-state index in [4.69, 9.17) is 0 Å². The number of nitrogens with zero attached hydrogens (tertiary/aromatic N) is 2. The normalized spacial score (nSPS) is 9.67. The summed E-state index contributed by atoms with van der Waals surface area (Å²) >= 11 is 4.41. The van der Waals surface area contributed by atoms with Gasteiger partial charge in [-0.25, -0.2) is 0 Å². The Kier molecular flexibility index (Phi) is 6.38. The van der Waals surface area contributed by atoms with Crippen molar-refractivity contribution >= 4 is 39.5 Å². The smallest absolute Gasteiger partial charge is 0.737 e. The second kappa shape index (κ2) is 8.50. The van der Waals surface area contributed by atoms with Crippen LogP contribution in [0.25, 0.3) is 21.8 Å². The monoisotopic (exact) mass is 380 g/mol. The van der Waals surface area contributed by atoms with Gasteiger partial charge in [-0.15, -0.1) is 0 Å². The average Bonchev–Trinajstić information content (AvgIpc) is 2.63. The first kappa shape index (κ1) is 18.0. The van der Waals surface area contributed by atoms with Crippen LogP contribution in [0, 0.1) is 0 Å². The Bertz CT molecular complexity index is 906. The van der Waals surface area contributed by atoms with E-state index < -0.39 is 0 Å². The largest absolute Gasteiger partial charge is 1.00 e. The maximum Gasteiger partial charge on any atom is 1.00 e. The van der Waals surface area contributed by atoms with Crippen LogP contribution in [0.4, 0.5) is 0 Å². The van der Waals surface area contributed by atoms with Gasteiger partial charge in [-0.3, -0.25) is 9.97 Å². The fraction of sp³-hybridized carbons (Fsp3) is 0. The Balaban J connectivity index is 0.000000183. The van der Waals surface area contributed by atoms with Crippen molar-refractivity contribution in [3.05, 3.63) is 84.7 Å². The molecule has 0 amide bonds. The average molecular weight is 381 g/mol. The third-order valence-corrected chi connectivity index (χ3v) is 3.59. The molecule has 24 heavy (non-hydrogen) atoms. The molecule has 0 saturated heterocycles. The molecule has 0 spiro atoms. The molecule has 2 aromatic heterocycles. The van der Waals surface area contributed by atoms with Gasteiger partial charge in [-0.05, 0) is 17.7 Å². The Morgan fingerprint density at radius 3 is 1.62 bits per heavy atom. The molecule has 4 aromatic rings. The van der Waals surface area contributed by atoms with E-state index in [0.29, 0.717) is 5.56 Å². The van der Waals surface area contributed by atoms with Crippen LogP contribution in [0.5, 0.6) is 0 Å². The van der Waals surface area contributed by atoms with E-state index in [9.17, 15) is 4.79 Å². The van der Waals surface area contributed by atoms with E-state index in [2.05, 4.69) is 46.9 Å². The fourth-order valence-corrected chi connectivity index (χ4v) is 2.39. The predicted octanol–water partition coefficient (Wildman–Crippen LogP) is 4.15. The van der Waals surface area contributed by atoms with Gasteiger partial charge >= 0.3 is 17.1 Å². The number of rotatable bonds is 1. The molecule has 0 fully saturated rings. The Morgan fingerprint density at radius 2 is 1.21 bits per heavy atom. The SMILES string of the molecule is O=C([S-])c1ccccc1.[Cu+].c1cnc2c(c1)ccc1cccnc12. The van der Waals surface area contributed by atoms with Crippen molar-refractivity contribution in [1.82, 2.24) is 9.97 Å². The van der Waals surface area contributed by atoms with Crippen molar-refractivity contribution in [2.75, 3.05) is 0 Å². The number of carbonyl (C=O) groups excluding carboxylic acids is 1. The van der Waals surface area contributed by atoms with Crippen LogP contribution < -0.4 is 0 Å². The molecule has 0 radical (unpaired) electrons. The first-order chi connectivity index (χ1) is 11.3. The third kappa shape index (κ3) is 4.14. The van der Waals surface area contributed by atoms with Gasteiger partial charge in [0.2, 0.25) is 0 Å². The van der Waals surface area contributed by atoms with Crippen LogP contribution in [0.1, 0.15) is 10.4 Å². The Hall–Kier alpha value is -2.33. The summed E-state index contributed by atoms with van der Waals surface area (Å²) in [6.45, 7) is 0. The number of carbonyl (C=O) groups is 1. The topological polar surface area (TPSA) is 42.9 Å². The summed E-state index contributed by atoms with van der Waals surface area (Å²) in [7, 11) is 0. The summed E-state index contributed by atoms with van der Waals surface area (Å²) in [5.41, 5.74) is 2.55. The first-order valence-corrected chi connectivity index (χ1v) is 7.51. The van der Waals surface area contributed by atoms with E-state index in [0.717, 1.165) is 21.8 Å². The molecule has 0 aliphatic rings. The second-order valence-corrected chi connectivity index (χ2v) is 5.24. The summed E-state index contributed by atoms with van der Waals surface area (Å²) in [5, 5.41) is 1.98. The summed E-state index contributed by atoms with van der Waals surface area (Å²) < 4.78 is 0. The molecule has 0 bridgehead atoms. The number of fused-ring (bicyclic) bond motifs is 3. The number of hydrogen-bond acceptors (Lipinski definition) is 4. The molecular weight excluding hydrogens is 368 g/mol. The van der Waals surface area contributed by atoms with Crippen LogP contribution >= 0.6 is 0 Å². The van der Waals surface area contributed by atoms with Gasteiger partial charge in [0.1, 0.15) is 0 Å². The van der Waals surface area contributed by atoms with Crippen molar-refractivity contribution in [3.63, 3.8) is 0 Å². The van der Waals surface area contributed by atoms with Crippen molar-refractivity contribution < 1.29 is 21.9 Å². The van der Waals surface area contributed by atoms with Crippen LogP contribution in [-0.4, -0.2) is 15.1 Å². The van der Waals surface area contributed by atoms with Crippen LogP contribution in [0.2, 0.25) is 0 Å². The molecule has 0 saturated carbocycles. The van der Waals surface area contributed by atoms with Gasteiger partial charge < -0.3 is 17.4 Å². The first-order valence-electron chi connectivity index (χ1n) is 7.10. The van der Waals surface area contributed by atoms with Crippen molar-refractivity contribution in [2.45, 2.75) is 0 Å². The molecule has 0 atom stereocenters.